The average molecular weight is 428 g/mol. The second-order valence-electron chi connectivity index (χ2n) is 7.79. The number of para-hydroxylation sites is 1. The van der Waals surface area contributed by atoms with Crippen LogP contribution >= 0.6 is 0 Å². The summed E-state index contributed by atoms with van der Waals surface area (Å²) in [6.07, 6.45) is 3.26. The molecular weight excluding hydrogens is 404 g/mol. The molecule has 0 saturated heterocycles. The fourth-order valence-electron chi connectivity index (χ4n) is 4.11. The Hall–Kier alpha value is -3.94. The van der Waals surface area contributed by atoms with Crippen molar-refractivity contribution in [3.05, 3.63) is 78.0 Å². The number of urea groups is 1. The lowest BCUT2D eigenvalue weighted by atomic mass is 10.1. The van der Waals surface area contributed by atoms with Crippen molar-refractivity contribution in [2.45, 2.75) is 12.8 Å². The van der Waals surface area contributed by atoms with Gasteiger partial charge >= 0.3 is 6.03 Å². The minimum atomic E-state index is -0.244. The molecule has 3 heterocycles. The maximum atomic E-state index is 13.4. The number of hydrogen-bond donors (Lipinski definition) is 1. The zero-order valence-corrected chi connectivity index (χ0v) is 17.6. The van der Waals surface area contributed by atoms with Crippen LogP contribution in [0.1, 0.15) is 17.5 Å². The van der Waals surface area contributed by atoms with E-state index in [2.05, 4.69) is 15.4 Å². The van der Waals surface area contributed by atoms with E-state index in [0.29, 0.717) is 31.3 Å². The molecule has 0 atom stereocenters. The van der Waals surface area contributed by atoms with Crippen LogP contribution in [-0.4, -0.2) is 58.6 Å². The van der Waals surface area contributed by atoms with Crippen LogP contribution in [0.25, 0.3) is 5.69 Å². The Morgan fingerprint density at radius 1 is 1.03 bits per heavy atom. The highest BCUT2D eigenvalue weighted by atomic mass is 16.2. The Balaban J connectivity index is 1.41. The maximum Gasteiger partial charge on any atom is 0.331 e. The molecule has 0 radical (unpaired) electrons. The summed E-state index contributed by atoms with van der Waals surface area (Å²) in [5.74, 6) is 1.01. The van der Waals surface area contributed by atoms with Crippen LogP contribution in [0.3, 0.4) is 0 Å². The van der Waals surface area contributed by atoms with Gasteiger partial charge in [-0.25, -0.2) is 9.48 Å². The van der Waals surface area contributed by atoms with Crippen LogP contribution < -0.4 is 10.2 Å². The van der Waals surface area contributed by atoms with E-state index in [1.54, 1.807) is 15.8 Å². The topological polar surface area (TPSA) is 82.8 Å². The van der Waals surface area contributed by atoms with Gasteiger partial charge in [0.15, 0.2) is 5.82 Å². The van der Waals surface area contributed by atoms with Crippen LogP contribution in [0.4, 0.5) is 10.6 Å². The molecular formula is C24H24N6O2. The van der Waals surface area contributed by atoms with Gasteiger partial charge in [0.1, 0.15) is 12.4 Å². The number of hydrogen-bond acceptors (Lipinski definition) is 4. The number of aromatic nitrogens is 2. The standard InChI is InChI=1S/C24H24N6O2/c31-21(25-14-12-18-8-3-1-4-9-18)17-29-23-20(22-26-13-7-15-28(22)24(29)32)16-27-30(23)19-10-5-2-6-11-19/h1-6,8-11,16H,7,12-15,17H2,(H,25,31). The van der Waals surface area contributed by atoms with Gasteiger partial charge in [0.05, 0.1) is 17.4 Å². The van der Waals surface area contributed by atoms with Crippen molar-refractivity contribution in [2.24, 2.45) is 4.99 Å². The Morgan fingerprint density at radius 2 is 1.78 bits per heavy atom. The lowest BCUT2D eigenvalue weighted by molar-refractivity contribution is -0.119. The molecule has 8 nitrogen and oxygen atoms in total. The number of nitrogens with one attached hydrogen (secondary N) is 1. The minimum absolute atomic E-state index is 0.0804. The molecule has 0 saturated carbocycles. The first kappa shape index (κ1) is 20.0. The van der Waals surface area contributed by atoms with Crippen LogP contribution in [0.15, 0.2) is 71.9 Å². The molecule has 0 aliphatic carbocycles. The van der Waals surface area contributed by atoms with E-state index in [0.717, 1.165) is 29.7 Å². The first-order valence-electron chi connectivity index (χ1n) is 10.8. The number of rotatable bonds is 6. The molecule has 0 unspecified atom stereocenters. The summed E-state index contributed by atoms with van der Waals surface area (Å²) >= 11 is 0. The first-order chi connectivity index (χ1) is 15.7. The first-order valence-corrected chi connectivity index (χ1v) is 10.8. The van der Waals surface area contributed by atoms with Crippen LogP contribution in [-0.2, 0) is 11.2 Å². The largest absolute Gasteiger partial charge is 0.354 e. The number of fused-ring (bicyclic) bond motifs is 3. The van der Waals surface area contributed by atoms with Gasteiger partial charge in [0, 0.05) is 19.6 Å². The fourth-order valence-corrected chi connectivity index (χ4v) is 4.11. The molecule has 162 valence electrons. The van der Waals surface area contributed by atoms with Crippen molar-refractivity contribution < 1.29 is 9.59 Å². The molecule has 0 spiro atoms. The summed E-state index contributed by atoms with van der Waals surface area (Å²) in [7, 11) is 0. The molecule has 2 aromatic carbocycles. The van der Waals surface area contributed by atoms with Crippen LogP contribution in [0.2, 0.25) is 0 Å². The number of aliphatic imine (C=N–C) groups is 1. The van der Waals surface area contributed by atoms with Gasteiger partial charge in [0.2, 0.25) is 5.91 Å². The predicted octanol–water partition coefficient (Wildman–Crippen LogP) is 2.62. The number of anilines is 1. The Kier molecular flexibility index (Phi) is 5.41. The predicted molar refractivity (Wildman–Crippen MR) is 122 cm³/mol. The van der Waals surface area contributed by atoms with E-state index in [1.165, 1.54) is 4.90 Å². The second kappa shape index (κ2) is 8.66. The Labute approximate surface area is 186 Å². The van der Waals surface area contributed by atoms with Crippen molar-refractivity contribution >= 4 is 23.6 Å². The molecule has 2 aliphatic heterocycles. The molecule has 32 heavy (non-hydrogen) atoms. The van der Waals surface area contributed by atoms with Crippen molar-refractivity contribution in [3.63, 3.8) is 0 Å². The third kappa shape index (κ3) is 3.75. The third-order valence-corrected chi connectivity index (χ3v) is 5.64. The summed E-state index contributed by atoms with van der Waals surface area (Å²) in [6.45, 7) is 1.68. The van der Waals surface area contributed by atoms with E-state index in [9.17, 15) is 9.59 Å². The fraction of sp³-hybridized carbons (Fsp3) is 0.250. The molecule has 3 amide bonds. The summed E-state index contributed by atoms with van der Waals surface area (Å²) in [5, 5.41) is 7.48. The third-order valence-electron chi connectivity index (χ3n) is 5.64. The minimum Gasteiger partial charge on any atom is -0.354 e. The molecule has 8 heteroatoms. The number of amides is 3. The van der Waals surface area contributed by atoms with Crippen molar-refractivity contribution in [1.82, 2.24) is 20.0 Å². The highest BCUT2D eigenvalue weighted by Gasteiger charge is 2.40. The van der Waals surface area contributed by atoms with E-state index >= 15 is 0 Å². The van der Waals surface area contributed by atoms with Crippen LogP contribution in [0, 0.1) is 0 Å². The number of carbonyl (C=O) groups excluding carboxylic acids is 2. The molecule has 1 aromatic heterocycles. The van der Waals surface area contributed by atoms with Gasteiger partial charge in [0.25, 0.3) is 0 Å². The summed E-state index contributed by atoms with van der Waals surface area (Å²) in [6, 6.07) is 19.3. The number of benzene rings is 2. The molecule has 0 bridgehead atoms. The number of nitrogens with zero attached hydrogens (tertiary/aromatic N) is 5. The van der Waals surface area contributed by atoms with Crippen molar-refractivity contribution in [1.29, 1.82) is 0 Å². The van der Waals surface area contributed by atoms with E-state index < -0.39 is 0 Å². The SMILES string of the molecule is O=C(CN1C(=O)N2CCCN=C2c2cnn(-c3ccccc3)c21)NCCc1ccccc1. The summed E-state index contributed by atoms with van der Waals surface area (Å²) in [4.78, 5) is 33.9. The molecule has 1 N–H and O–H groups in total. The van der Waals surface area contributed by atoms with Gasteiger partial charge in [-0.3, -0.25) is 19.6 Å². The van der Waals surface area contributed by atoms with Gasteiger partial charge in [-0.2, -0.15) is 5.10 Å². The van der Waals surface area contributed by atoms with Gasteiger partial charge in [-0.1, -0.05) is 48.5 Å². The second-order valence-corrected chi connectivity index (χ2v) is 7.79. The average Bonchev–Trinajstić information content (AvgIpc) is 3.28. The number of carbonyl (C=O) groups is 2. The van der Waals surface area contributed by atoms with E-state index in [-0.39, 0.29) is 18.5 Å². The summed E-state index contributed by atoms with van der Waals surface area (Å²) in [5.41, 5.74) is 2.74. The van der Waals surface area contributed by atoms with E-state index in [4.69, 9.17) is 0 Å². The quantitative estimate of drug-likeness (QED) is 0.655. The normalized spacial score (nSPS) is 15.1. The van der Waals surface area contributed by atoms with Gasteiger partial charge in [-0.05, 0) is 30.5 Å². The Morgan fingerprint density at radius 3 is 2.56 bits per heavy atom. The van der Waals surface area contributed by atoms with E-state index in [1.807, 2.05) is 60.7 Å². The zero-order valence-electron chi connectivity index (χ0n) is 17.6. The van der Waals surface area contributed by atoms with Gasteiger partial charge < -0.3 is 5.32 Å². The summed E-state index contributed by atoms with van der Waals surface area (Å²) < 4.78 is 1.71. The smallest absolute Gasteiger partial charge is 0.331 e. The molecule has 5 rings (SSSR count). The zero-order chi connectivity index (χ0) is 21.9. The molecule has 3 aromatic rings. The lowest BCUT2D eigenvalue weighted by Crippen LogP contribution is -2.55. The van der Waals surface area contributed by atoms with Crippen molar-refractivity contribution in [3.8, 4) is 5.69 Å². The lowest BCUT2D eigenvalue weighted by Gasteiger charge is -2.37. The molecule has 2 aliphatic rings. The highest BCUT2D eigenvalue weighted by Crippen LogP contribution is 2.32. The van der Waals surface area contributed by atoms with Crippen LogP contribution in [0.5, 0.6) is 0 Å². The van der Waals surface area contributed by atoms with Crippen molar-refractivity contribution in [2.75, 3.05) is 31.1 Å². The number of amidine groups is 1. The van der Waals surface area contributed by atoms with Gasteiger partial charge in [-0.15, -0.1) is 0 Å². The Bertz CT molecular complexity index is 1160. The maximum absolute atomic E-state index is 13.4. The molecule has 0 fully saturated rings. The monoisotopic (exact) mass is 428 g/mol. The highest BCUT2D eigenvalue weighted by molar-refractivity contribution is 6.19.